The Morgan fingerprint density at radius 3 is 1.29 bits per heavy atom. The molecule has 0 atom stereocenters. The molecule has 2 heterocycles. The van der Waals surface area contributed by atoms with E-state index in [-0.39, 0.29) is 0 Å². The van der Waals surface area contributed by atoms with Crippen LogP contribution < -0.4 is 0 Å². The van der Waals surface area contributed by atoms with Crippen LogP contribution in [-0.2, 0) is 0 Å². The number of hydrogen-bond acceptors (Lipinski definition) is 4. The van der Waals surface area contributed by atoms with Gasteiger partial charge in [0.1, 0.15) is 9.28 Å². The van der Waals surface area contributed by atoms with Crippen molar-refractivity contribution in [1.29, 1.82) is 0 Å². The first-order chi connectivity index (χ1) is 13.5. The van der Waals surface area contributed by atoms with Crippen LogP contribution in [0.5, 0.6) is 0 Å². The topological polar surface area (TPSA) is 57.4 Å². The van der Waals surface area contributed by atoms with Gasteiger partial charge in [-0.3, -0.25) is 0 Å². The zero-order chi connectivity index (χ0) is 19.9. The highest BCUT2D eigenvalue weighted by Crippen LogP contribution is 2.21. The lowest BCUT2D eigenvalue weighted by atomic mass is 10.1. The standard InChI is InChI=1S/2C10H7ClN2S/c2*11-8-3-1-7(2-4-8)9-5-12-6-13-10(9)14/h2*1-6H,(H,12,13,14). The highest BCUT2D eigenvalue weighted by atomic mass is 35.5. The molecule has 2 aromatic heterocycles. The molecule has 4 rings (SSSR count). The second kappa shape index (κ2) is 9.71. The molecule has 2 N–H and O–H groups in total. The van der Waals surface area contributed by atoms with Crippen LogP contribution in [0.4, 0.5) is 0 Å². The molecule has 0 fully saturated rings. The quantitative estimate of drug-likeness (QED) is 0.329. The van der Waals surface area contributed by atoms with E-state index in [4.69, 9.17) is 47.6 Å². The van der Waals surface area contributed by atoms with Gasteiger partial charge in [-0.25, -0.2) is 9.97 Å². The minimum Gasteiger partial charge on any atom is -0.337 e. The van der Waals surface area contributed by atoms with E-state index >= 15 is 0 Å². The molecule has 8 heteroatoms. The second-order valence-corrected chi connectivity index (χ2v) is 7.29. The van der Waals surface area contributed by atoms with Gasteiger partial charge in [-0.15, -0.1) is 0 Å². The molecule has 0 aliphatic rings. The molecule has 4 nitrogen and oxygen atoms in total. The molecule has 0 saturated heterocycles. The molecule has 2 aromatic carbocycles. The average molecular weight is 445 g/mol. The Bertz CT molecular complexity index is 1070. The first-order valence-electron chi connectivity index (χ1n) is 8.12. The van der Waals surface area contributed by atoms with Crippen molar-refractivity contribution in [3.63, 3.8) is 0 Å². The first-order valence-corrected chi connectivity index (χ1v) is 9.69. The number of rotatable bonds is 2. The van der Waals surface area contributed by atoms with Gasteiger partial charge in [-0.2, -0.15) is 0 Å². The number of H-pyrrole nitrogens is 2. The fraction of sp³-hybridized carbons (Fsp3) is 0. The van der Waals surface area contributed by atoms with Crippen molar-refractivity contribution in [2.75, 3.05) is 0 Å². The first kappa shape index (κ1) is 20.4. The van der Waals surface area contributed by atoms with Gasteiger partial charge in [0.25, 0.3) is 0 Å². The van der Waals surface area contributed by atoms with Crippen molar-refractivity contribution < 1.29 is 0 Å². The van der Waals surface area contributed by atoms with E-state index in [1.54, 1.807) is 25.0 Å². The van der Waals surface area contributed by atoms with E-state index in [2.05, 4.69) is 19.9 Å². The molecule has 0 aliphatic carbocycles. The van der Waals surface area contributed by atoms with Crippen molar-refractivity contribution in [2.24, 2.45) is 0 Å². The molecule has 0 spiro atoms. The third kappa shape index (κ3) is 5.33. The third-order valence-electron chi connectivity index (χ3n) is 3.75. The molecule has 0 radical (unpaired) electrons. The Labute approximate surface area is 182 Å². The van der Waals surface area contributed by atoms with Crippen LogP contribution in [0.1, 0.15) is 0 Å². The third-order valence-corrected chi connectivity index (χ3v) is 4.93. The Balaban J connectivity index is 0.000000161. The molecule has 0 saturated carbocycles. The Hall–Kier alpha value is -2.38. The molecule has 0 aliphatic heterocycles. The fourth-order valence-electron chi connectivity index (χ4n) is 2.36. The van der Waals surface area contributed by atoms with Crippen molar-refractivity contribution in [2.45, 2.75) is 0 Å². The van der Waals surface area contributed by atoms with Crippen molar-refractivity contribution in [3.8, 4) is 22.3 Å². The second-order valence-electron chi connectivity index (χ2n) is 5.60. The Kier molecular flexibility index (Phi) is 7.06. The number of nitrogens with one attached hydrogen (secondary N) is 2. The Morgan fingerprint density at radius 1 is 0.607 bits per heavy atom. The summed E-state index contributed by atoms with van der Waals surface area (Å²) in [7, 11) is 0. The maximum absolute atomic E-state index is 5.79. The van der Waals surface area contributed by atoms with E-state index < -0.39 is 0 Å². The summed E-state index contributed by atoms with van der Waals surface area (Å²) in [6, 6.07) is 15.0. The average Bonchev–Trinajstić information content (AvgIpc) is 2.71. The number of nitrogens with zero attached hydrogens (tertiary/aromatic N) is 2. The van der Waals surface area contributed by atoms with Gasteiger partial charge in [-0.05, 0) is 35.4 Å². The van der Waals surface area contributed by atoms with Gasteiger partial charge in [0.2, 0.25) is 0 Å². The predicted octanol–water partition coefficient (Wildman–Crippen LogP) is 6.92. The normalized spacial score (nSPS) is 10.1. The molecular weight excluding hydrogens is 431 g/mol. The summed E-state index contributed by atoms with van der Waals surface area (Å²) in [5, 5.41) is 1.43. The van der Waals surface area contributed by atoms with Gasteiger partial charge in [0.05, 0.1) is 12.7 Å². The molecule has 4 aromatic rings. The van der Waals surface area contributed by atoms with Crippen LogP contribution in [0.15, 0.2) is 73.6 Å². The van der Waals surface area contributed by atoms with Gasteiger partial charge < -0.3 is 9.97 Å². The molecule has 0 unspecified atom stereocenters. The van der Waals surface area contributed by atoms with Crippen LogP contribution in [0.25, 0.3) is 22.3 Å². The number of aromatic nitrogens is 4. The summed E-state index contributed by atoms with van der Waals surface area (Å²) in [6.45, 7) is 0. The van der Waals surface area contributed by atoms with Crippen LogP contribution in [-0.4, -0.2) is 19.9 Å². The number of aromatic amines is 2. The van der Waals surface area contributed by atoms with Crippen molar-refractivity contribution in [1.82, 2.24) is 19.9 Å². The van der Waals surface area contributed by atoms with E-state index in [0.29, 0.717) is 19.3 Å². The molecule has 140 valence electrons. The summed E-state index contributed by atoms with van der Waals surface area (Å²) in [5.41, 5.74) is 3.87. The van der Waals surface area contributed by atoms with Crippen LogP contribution in [0, 0.1) is 9.28 Å². The largest absolute Gasteiger partial charge is 0.337 e. The lowest BCUT2D eigenvalue weighted by Gasteiger charge is -2.00. The minimum absolute atomic E-state index is 0.683. The number of benzene rings is 2. The summed E-state index contributed by atoms with van der Waals surface area (Å²) in [6.07, 6.45) is 6.62. The van der Waals surface area contributed by atoms with Crippen LogP contribution in [0.2, 0.25) is 10.0 Å². The van der Waals surface area contributed by atoms with Crippen molar-refractivity contribution in [3.05, 3.63) is 92.9 Å². The maximum atomic E-state index is 5.79. The molecule has 28 heavy (non-hydrogen) atoms. The number of hydrogen-bond donors (Lipinski definition) is 2. The lowest BCUT2D eigenvalue weighted by Crippen LogP contribution is -1.84. The Morgan fingerprint density at radius 2 is 0.964 bits per heavy atom. The zero-order valence-corrected chi connectivity index (χ0v) is 17.5. The van der Waals surface area contributed by atoms with Crippen LogP contribution in [0.3, 0.4) is 0 Å². The summed E-state index contributed by atoms with van der Waals surface area (Å²) in [4.78, 5) is 13.7. The highest BCUT2D eigenvalue weighted by Gasteiger charge is 2.00. The lowest BCUT2D eigenvalue weighted by molar-refractivity contribution is 1.15. The van der Waals surface area contributed by atoms with E-state index in [1.165, 1.54) is 0 Å². The van der Waals surface area contributed by atoms with Gasteiger partial charge in [0, 0.05) is 33.6 Å². The molecule has 0 bridgehead atoms. The van der Waals surface area contributed by atoms with Crippen molar-refractivity contribution >= 4 is 47.6 Å². The smallest absolute Gasteiger partial charge is 0.113 e. The fourth-order valence-corrected chi connectivity index (χ4v) is 3.06. The molecule has 0 amide bonds. The van der Waals surface area contributed by atoms with E-state index in [1.807, 2.05) is 48.5 Å². The number of halogens is 2. The van der Waals surface area contributed by atoms with Crippen LogP contribution >= 0.6 is 47.6 Å². The summed E-state index contributed by atoms with van der Waals surface area (Å²) < 4.78 is 1.37. The molecular formula is C20H14Cl2N4S2. The van der Waals surface area contributed by atoms with E-state index in [9.17, 15) is 0 Å². The maximum Gasteiger partial charge on any atom is 0.113 e. The zero-order valence-electron chi connectivity index (χ0n) is 14.4. The van der Waals surface area contributed by atoms with Gasteiger partial charge in [0.15, 0.2) is 0 Å². The van der Waals surface area contributed by atoms with Gasteiger partial charge >= 0.3 is 0 Å². The van der Waals surface area contributed by atoms with E-state index in [0.717, 1.165) is 22.3 Å². The summed E-state index contributed by atoms with van der Waals surface area (Å²) in [5.74, 6) is 0. The van der Waals surface area contributed by atoms with Gasteiger partial charge in [-0.1, -0.05) is 71.9 Å². The summed E-state index contributed by atoms with van der Waals surface area (Å²) >= 11 is 21.9. The highest BCUT2D eigenvalue weighted by molar-refractivity contribution is 7.71. The SMILES string of the molecule is S=c1[nH]cncc1-c1ccc(Cl)cc1.S=c1[nH]cncc1-c1ccc(Cl)cc1. The monoisotopic (exact) mass is 444 g/mol. The minimum atomic E-state index is 0.683. The predicted molar refractivity (Wildman–Crippen MR) is 120 cm³/mol.